The van der Waals surface area contributed by atoms with E-state index in [2.05, 4.69) is 20.6 Å². The van der Waals surface area contributed by atoms with Crippen molar-refractivity contribution >= 4 is 28.4 Å². The molecule has 0 saturated carbocycles. The van der Waals surface area contributed by atoms with Gasteiger partial charge < -0.3 is 10.6 Å². The Hall–Kier alpha value is -5.05. The Balaban J connectivity index is 1.31. The molecule has 194 valence electrons. The lowest BCUT2D eigenvalue weighted by Crippen LogP contribution is -2.23. The van der Waals surface area contributed by atoms with Crippen LogP contribution in [0, 0.1) is 0 Å². The van der Waals surface area contributed by atoms with Gasteiger partial charge in [-0.25, -0.2) is 0 Å². The molecule has 3 aromatic carbocycles. The van der Waals surface area contributed by atoms with Gasteiger partial charge in [0.1, 0.15) is 0 Å². The lowest BCUT2D eigenvalue weighted by Gasteiger charge is -2.12. The molecule has 0 aliphatic heterocycles. The molecule has 0 aliphatic rings. The molecule has 5 rings (SSSR count). The summed E-state index contributed by atoms with van der Waals surface area (Å²) in [5, 5.41) is 6.35. The van der Waals surface area contributed by atoms with Gasteiger partial charge >= 0.3 is 6.18 Å². The predicted molar refractivity (Wildman–Crippen MR) is 142 cm³/mol. The van der Waals surface area contributed by atoms with Crippen LogP contribution in [-0.4, -0.2) is 21.8 Å². The number of rotatable bonds is 6. The van der Waals surface area contributed by atoms with Crippen molar-refractivity contribution in [2.75, 3.05) is 5.32 Å². The highest BCUT2D eigenvalue weighted by molar-refractivity contribution is 6.09. The Morgan fingerprint density at radius 3 is 2.31 bits per heavy atom. The van der Waals surface area contributed by atoms with Crippen molar-refractivity contribution < 1.29 is 22.8 Å². The maximum absolute atomic E-state index is 13.1. The van der Waals surface area contributed by atoms with Gasteiger partial charge in [-0.05, 0) is 59.7 Å². The quantitative estimate of drug-likeness (QED) is 0.265. The Morgan fingerprint density at radius 2 is 1.56 bits per heavy atom. The summed E-state index contributed by atoms with van der Waals surface area (Å²) in [7, 11) is 0. The van der Waals surface area contributed by atoms with Gasteiger partial charge in [-0.2, -0.15) is 13.2 Å². The fourth-order valence-electron chi connectivity index (χ4n) is 4.07. The minimum atomic E-state index is -4.44. The van der Waals surface area contributed by atoms with Crippen LogP contribution in [0.25, 0.3) is 22.0 Å². The van der Waals surface area contributed by atoms with Crippen LogP contribution in [0.1, 0.15) is 32.0 Å². The van der Waals surface area contributed by atoms with E-state index in [4.69, 9.17) is 0 Å². The van der Waals surface area contributed by atoms with Crippen molar-refractivity contribution in [2.45, 2.75) is 12.7 Å². The van der Waals surface area contributed by atoms with Gasteiger partial charge in [0.05, 0.1) is 28.9 Å². The summed E-state index contributed by atoms with van der Waals surface area (Å²) in [5.41, 5.74) is 2.72. The van der Waals surface area contributed by atoms with Gasteiger partial charge in [0.25, 0.3) is 11.8 Å². The molecule has 39 heavy (non-hydrogen) atoms. The van der Waals surface area contributed by atoms with E-state index in [0.717, 1.165) is 17.8 Å². The van der Waals surface area contributed by atoms with Crippen LogP contribution in [0.5, 0.6) is 0 Å². The molecule has 2 heterocycles. The van der Waals surface area contributed by atoms with Crippen LogP contribution < -0.4 is 10.6 Å². The first kappa shape index (κ1) is 25.6. The van der Waals surface area contributed by atoms with Crippen molar-refractivity contribution in [1.82, 2.24) is 15.3 Å². The molecule has 0 bridgehead atoms. The molecule has 2 aromatic heterocycles. The van der Waals surface area contributed by atoms with Gasteiger partial charge in [-0.3, -0.25) is 19.6 Å². The zero-order chi connectivity index (χ0) is 27.4. The number of carbonyl (C=O) groups is 2. The van der Waals surface area contributed by atoms with Crippen molar-refractivity contribution in [1.29, 1.82) is 0 Å². The van der Waals surface area contributed by atoms with Crippen molar-refractivity contribution in [3.05, 3.63) is 126 Å². The lowest BCUT2D eigenvalue weighted by atomic mass is 9.98. The maximum Gasteiger partial charge on any atom is 0.416 e. The summed E-state index contributed by atoms with van der Waals surface area (Å²) in [6, 6.07) is 23.7. The molecule has 0 atom stereocenters. The molecule has 5 aromatic rings. The monoisotopic (exact) mass is 526 g/mol. The van der Waals surface area contributed by atoms with Crippen LogP contribution >= 0.6 is 0 Å². The number of benzene rings is 3. The summed E-state index contributed by atoms with van der Waals surface area (Å²) in [4.78, 5) is 34.2. The number of nitrogens with zero attached hydrogens (tertiary/aromatic N) is 2. The molecule has 0 aliphatic carbocycles. The number of fused-ring (bicyclic) bond motifs is 1. The average molecular weight is 527 g/mol. The first-order valence-corrected chi connectivity index (χ1v) is 11.9. The number of pyridine rings is 2. The van der Waals surface area contributed by atoms with Gasteiger partial charge in [0.2, 0.25) is 0 Å². The summed E-state index contributed by atoms with van der Waals surface area (Å²) in [5.74, 6) is -0.706. The number of halogens is 3. The first-order valence-electron chi connectivity index (χ1n) is 11.9. The number of nitrogens with one attached hydrogen (secondary N) is 2. The van der Waals surface area contributed by atoms with E-state index in [9.17, 15) is 22.8 Å². The fraction of sp³-hybridized carbons (Fsp3) is 0.0667. The van der Waals surface area contributed by atoms with Gasteiger partial charge in [0, 0.05) is 29.0 Å². The fourth-order valence-corrected chi connectivity index (χ4v) is 4.07. The largest absolute Gasteiger partial charge is 0.416 e. The van der Waals surface area contributed by atoms with E-state index in [-0.39, 0.29) is 12.5 Å². The van der Waals surface area contributed by atoms with E-state index in [0.29, 0.717) is 38.8 Å². The van der Waals surface area contributed by atoms with Crippen LogP contribution in [0.15, 0.2) is 103 Å². The minimum Gasteiger partial charge on any atom is -0.346 e. The smallest absolute Gasteiger partial charge is 0.346 e. The van der Waals surface area contributed by atoms with Crippen LogP contribution in [0.3, 0.4) is 0 Å². The third-order valence-corrected chi connectivity index (χ3v) is 6.06. The number of hydrogen-bond acceptors (Lipinski definition) is 4. The van der Waals surface area contributed by atoms with Crippen LogP contribution in [0.4, 0.5) is 18.9 Å². The number of carbonyl (C=O) groups excluding carboxylic acids is 2. The van der Waals surface area contributed by atoms with Gasteiger partial charge in [0.15, 0.2) is 0 Å². The molecular formula is C30H21F3N4O2. The van der Waals surface area contributed by atoms with E-state index < -0.39 is 17.6 Å². The molecule has 9 heteroatoms. The van der Waals surface area contributed by atoms with Crippen molar-refractivity contribution in [3.8, 4) is 11.1 Å². The van der Waals surface area contributed by atoms with Gasteiger partial charge in [-0.1, -0.05) is 42.5 Å². The predicted octanol–water partition coefficient (Wildman–Crippen LogP) is 6.50. The second-order valence-electron chi connectivity index (χ2n) is 8.71. The Kier molecular flexibility index (Phi) is 7.05. The number of alkyl halides is 3. The molecule has 2 amide bonds. The molecule has 0 spiro atoms. The third-order valence-electron chi connectivity index (χ3n) is 6.06. The van der Waals surface area contributed by atoms with E-state index in [1.165, 1.54) is 18.3 Å². The summed E-state index contributed by atoms with van der Waals surface area (Å²) in [6.45, 7) is 0.288. The normalized spacial score (nSPS) is 11.3. The molecular weight excluding hydrogens is 505 g/mol. The second-order valence-corrected chi connectivity index (χ2v) is 8.71. The van der Waals surface area contributed by atoms with E-state index >= 15 is 0 Å². The highest BCUT2D eigenvalue weighted by Crippen LogP contribution is 2.32. The van der Waals surface area contributed by atoms with Crippen LogP contribution in [-0.2, 0) is 12.7 Å². The van der Waals surface area contributed by atoms with Crippen LogP contribution in [0.2, 0.25) is 0 Å². The number of amides is 2. The Bertz CT molecular complexity index is 1650. The standard InChI is InChI=1S/C30H21F3N4O2/c31-30(32,33)22-11-8-19(9-12-22)25-6-1-2-7-26(25)29(39)37-23-13-10-20-15-21(17-35-27(20)16-23)28(38)36-18-24-5-3-4-14-34-24/h1-17H,18H2,(H,36,38)(H,37,39). The summed E-state index contributed by atoms with van der Waals surface area (Å²) in [6.07, 6.45) is -1.33. The van der Waals surface area contributed by atoms with E-state index in [1.54, 1.807) is 60.8 Å². The average Bonchev–Trinajstić information content (AvgIpc) is 2.95. The van der Waals surface area contributed by atoms with Gasteiger partial charge in [-0.15, -0.1) is 0 Å². The zero-order valence-electron chi connectivity index (χ0n) is 20.4. The maximum atomic E-state index is 13.1. The Labute approximate surface area is 221 Å². The van der Waals surface area contributed by atoms with Crippen molar-refractivity contribution in [2.24, 2.45) is 0 Å². The molecule has 6 nitrogen and oxygen atoms in total. The second kappa shape index (κ2) is 10.7. The number of aromatic nitrogens is 2. The molecule has 0 unspecified atom stereocenters. The summed E-state index contributed by atoms with van der Waals surface area (Å²) < 4.78 is 38.9. The first-order chi connectivity index (χ1) is 18.8. The molecule has 0 saturated heterocycles. The van der Waals surface area contributed by atoms with Crippen molar-refractivity contribution in [3.63, 3.8) is 0 Å². The lowest BCUT2D eigenvalue weighted by molar-refractivity contribution is -0.137. The van der Waals surface area contributed by atoms with E-state index in [1.807, 2.05) is 12.1 Å². The molecule has 2 N–H and O–H groups in total. The molecule has 0 radical (unpaired) electrons. The molecule has 0 fully saturated rings. The summed E-state index contributed by atoms with van der Waals surface area (Å²) >= 11 is 0. The highest BCUT2D eigenvalue weighted by Gasteiger charge is 2.30. The minimum absolute atomic E-state index is 0.285. The Morgan fingerprint density at radius 1 is 0.795 bits per heavy atom. The zero-order valence-corrected chi connectivity index (χ0v) is 20.4. The topological polar surface area (TPSA) is 84.0 Å². The third kappa shape index (κ3) is 5.93. The SMILES string of the molecule is O=C(NCc1ccccn1)c1cnc2cc(NC(=O)c3ccccc3-c3ccc(C(F)(F)F)cc3)ccc2c1. The highest BCUT2D eigenvalue weighted by atomic mass is 19.4. The number of hydrogen-bond donors (Lipinski definition) is 2. The number of anilines is 1.